The first-order valence-electron chi connectivity index (χ1n) is 6.73. The van der Waals surface area contributed by atoms with E-state index in [4.69, 9.17) is 16.3 Å². The predicted octanol–water partition coefficient (Wildman–Crippen LogP) is 3.25. The highest BCUT2D eigenvalue weighted by Crippen LogP contribution is 2.24. The van der Waals surface area contributed by atoms with Crippen molar-refractivity contribution in [2.75, 3.05) is 5.32 Å². The van der Waals surface area contributed by atoms with Crippen molar-refractivity contribution in [3.63, 3.8) is 0 Å². The number of halogens is 1. The molecule has 0 saturated carbocycles. The van der Waals surface area contributed by atoms with Gasteiger partial charge in [-0.3, -0.25) is 14.8 Å². The summed E-state index contributed by atoms with van der Waals surface area (Å²) >= 11 is 5.82. The summed E-state index contributed by atoms with van der Waals surface area (Å²) in [5, 5.41) is 3.58. The number of aromatic nitrogens is 2. The van der Waals surface area contributed by atoms with Gasteiger partial charge in [0.15, 0.2) is 0 Å². The van der Waals surface area contributed by atoms with E-state index in [-0.39, 0.29) is 0 Å². The van der Waals surface area contributed by atoms with Crippen LogP contribution in [0.3, 0.4) is 0 Å². The Kier molecular flexibility index (Phi) is 4.16. The molecule has 0 unspecified atom stereocenters. The topological polar surface area (TPSA) is 87.0 Å². The smallest absolute Gasteiger partial charge is 0.327 e. The molecule has 0 aliphatic rings. The van der Waals surface area contributed by atoms with Gasteiger partial charge in [0.25, 0.3) is 5.56 Å². The molecular formula is C16H12ClN3O3. The number of anilines is 2. The van der Waals surface area contributed by atoms with Crippen molar-refractivity contribution in [1.29, 1.82) is 0 Å². The fourth-order valence-corrected chi connectivity index (χ4v) is 2.06. The van der Waals surface area contributed by atoms with Gasteiger partial charge in [-0.1, -0.05) is 11.6 Å². The lowest BCUT2D eigenvalue weighted by Crippen LogP contribution is -2.22. The van der Waals surface area contributed by atoms with Gasteiger partial charge in [0.05, 0.1) is 0 Å². The van der Waals surface area contributed by atoms with Crippen molar-refractivity contribution in [2.24, 2.45) is 0 Å². The molecule has 0 fully saturated rings. The molecule has 23 heavy (non-hydrogen) atoms. The Morgan fingerprint density at radius 1 is 0.870 bits per heavy atom. The van der Waals surface area contributed by atoms with Gasteiger partial charge < -0.3 is 10.1 Å². The summed E-state index contributed by atoms with van der Waals surface area (Å²) in [5.74, 6) is 1.64. The van der Waals surface area contributed by atoms with Gasteiger partial charge >= 0.3 is 5.69 Å². The molecule has 0 spiro atoms. The van der Waals surface area contributed by atoms with Gasteiger partial charge in [-0.25, -0.2) is 4.79 Å². The molecule has 3 rings (SSSR count). The molecule has 6 nitrogen and oxygen atoms in total. The van der Waals surface area contributed by atoms with Gasteiger partial charge in [-0.2, -0.15) is 0 Å². The molecule has 0 atom stereocenters. The van der Waals surface area contributed by atoms with Crippen LogP contribution in [0.5, 0.6) is 11.5 Å². The third kappa shape index (κ3) is 4.02. The number of hydrogen-bond acceptors (Lipinski definition) is 4. The summed E-state index contributed by atoms with van der Waals surface area (Å²) in [6.45, 7) is 0. The van der Waals surface area contributed by atoms with Gasteiger partial charge in [-0.05, 0) is 48.5 Å². The molecule has 0 bridgehead atoms. The molecule has 1 heterocycles. The van der Waals surface area contributed by atoms with Crippen LogP contribution in [0.4, 0.5) is 11.5 Å². The predicted molar refractivity (Wildman–Crippen MR) is 88.9 cm³/mol. The fraction of sp³-hybridized carbons (Fsp3) is 0. The maximum Gasteiger partial charge on any atom is 0.327 e. The number of ether oxygens (including phenoxy) is 1. The minimum atomic E-state index is -0.567. The van der Waals surface area contributed by atoms with Crippen LogP contribution in [0.15, 0.2) is 64.2 Å². The second-order valence-corrected chi connectivity index (χ2v) is 5.14. The van der Waals surface area contributed by atoms with E-state index in [1.54, 1.807) is 48.5 Å². The molecule has 0 amide bonds. The van der Waals surface area contributed by atoms with Crippen LogP contribution in [-0.4, -0.2) is 9.97 Å². The van der Waals surface area contributed by atoms with E-state index in [1.807, 2.05) is 0 Å². The van der Waals surface area contributed by atoms with Gasteiger partial charge in [0.2, 0.25) is 0 Å². The molecule has 0 saturated heterocycles. The monoisotopic (exact) mass is 329 g/mol. The highest BCUT2D eigenvalue weighted by Gasteiger charge is 2.00. The van der Waals surface area contributed by atoms with E-state index >= 15 is 0 Å². The molecule has 0 aliphatic carbocycles. The molecule has 0 aliphatic heterocycles. The fourth-order valence-electron chi connectivity index (χ4n) is 1.94. The average Bonchev–Trinajstić information content (AvgIpc) is 2.50. The highest BCUT2D eigenvalue weighted by atomic mass is 35.5. The van der Waals surface area contributed by atoms with Gasteiger partial charge in [-0.15, -0.1) is 0 Å². The third-order valence-electron chi connectivity index (χ3n) is 2.94. The van der Waals surface area contributed by atoms with Gasteiger partial charge in [0.1, 0.15) is 17.3 Å². The normalized spacial score (nSPS) is 10.3. The lowest BCUT2D eigenvalue weighted by atomic mass is 10.3. The molecule has 1 aromatic heterocycles. The first-order chi connectivity index (χ1) is 11.1. The Bertz CT molecular complexity index is 887. The number of aromatic amines is 2. The third-order valence-corrected chi connectivity index (χ3v) is 3.20. The van der Waals surface area contributed by atoms with Crippen LogP contribution in [-0.2, 0) is 0 Å². The van der Waals surface area contributed by atoms with Crippen LogP contribution >= 0.6 is 11.6 Å². The van der Waals surface area contributed by atoms with Crippen molar-refractivity contribution in [2.45, 2.75) is 0 Å². The first kappa shape index (κ1) is 14.9. The Balaban J connectivity index is 1.72. The first-order valence-corrected chi connectivity index (χ1v) is 7.10. The second-order valence-electron chi connectivity index (χ2n) is 4.71. The van der Waals surface area contributed by atoms with E-state index in [2.05, 4.69) is 15.3 Å². The number of benzene rings is 2. The summed E-state index contributed by atoms with van der Waals surface area (Å²) in [5.41, 5.74) is -0.337. The number of hydrogen-bond donors (Lipinski definition) is 3. The maximum atomic E-state index is 11.2. The zero-order chi connectivity index (χ0) is 16.2. The lowest BCUT2D eigenvalue weighted by molar-refractivity contribution is 0.483. The number of nitrogens with one attached hydrogen (secondary N) is 3. The molecule has 0 radical (unpaired) electrons. The van der Waals surface area contributed by atoms with Crippen LogP contribution in [0.25, 0.3) is 0 Å². The maximum absolute atomic E-state index is 11.2. The van der Waals surface area contributed by atoms with Crippen molar-refractivity contribution < 1.29 is 4.74 Å². The van der Waals surface area contributed by atoms with Crippen molar-refractivity contribution >= 4 is 23.1 Å². The molecule has 116 valence electrons. The van der Waals surface area contributed by atoms with Crippen molar-refractivity contribution in [3.8, 4) is 11.5 Å². The molecule has 7 heteroatoms. The molecule has 3 aromatic rings. The second kappa shape index (κ2) is 6.41. The van der Waals surface area contributed by atoms with Crippen LogP contribution < -0.4 is 21.3 Å². The number of rotatable bonds is 4. The van der Waals surface area contributed by atoms with Crippen molar-refractivity contribution in [1.82, 2.24) is 9.97 Å². The van der Waals surface area contributed by atoms with Crippen molar-refractivity contribution in [3.05, 3.63) is 80.5 Å². The summed E-state index contributed by atoms with van der Waals surface area (Å²) in [7, 11) is 0. The Hall–Kier alpha value is -2.99. The van der Waals surface area contributed by atoms with Gasteiger partial charge in [0, 0.05) is 16.8 Å². The quantitative estimate of drug-likeness (QED) is 0.685. The Labute approximate surface area is 135 Å². The SMILES string of the molecule is O=c1cc(Nc2ccc(Oc3ccc(Cl)cc3)cc2)[nH]c(=O)[nH]1. The zero-order valence-electron chi connectivity index (χ0n) is 11.8. The Morgan fingerprint density at radius 2 is 1.48 bits per heavy atom. The molecule has 2 aromatic carbocycles. The molecule has 3 N–H and O–H groups in total. The highest BCUT2D eigenvalue weighted by molar-refractivity contribution is 6.30. The summed E-state index contributed by atoms with van der Waals surface area (Å²) in [6.07, 6.45) is 0. The zero-order valence-corrected chi connectivity index (χ0v) is 12.6. The van der Waals surface area contributed by atoms with E-state index in [0.29, 0.717) is 28.0 Å². The average molecular weight is 330 g/mol. The summed E-state index contributed by atoms with van der Waals surface area (Å²) < 4.78 is 5.68. The minimum Gasteiger partial charge on any atom is -0.457 e. The summed E-state index contributed by atoms with van der Waals surface area (Å²) in [4.78, 5) is 27.0. The van der Waals surface area contributed by atoms with Crippen LogP contribution in [0.1, 0.15) is 0 Å². The summed E-state index contributed by atoms with van der Waals surface area (Å²) in [6, 6.07) is 15.4. The van der Waals surface area contributed by atoms with Crippen LogP contribution in [0.2, 0.25) is 5.02 Å². The standard InChI is InChI=1S/C16H12ClN3O3/c17-10-1-5-12(6-2-10)23-13-7-3-11(4-8-13)18-14-9-15(21)20-16(22)19-14/h1-9H,(H3,18,19,20,21,22). The van der Waals surface area contributed by atoms with E-state index in [0.717, 1.165) is 0 Å². The minimum absolute atomic E-state index is 0.310. The van der Waals surface area contributed by atoms with E-state index < -0.39 is 11.2 Å². The Morgan fingerprint density at radius 3 is 2.09 bits per heavy atom. The van der Waals surface area contributed by atoms with E-state index in [1.165, 1.54) is 6.07 Å². The lowest BCUT2D eigenvalue weighted by Gasteiger charge is -2.08. The largest absolute Gasteiger partial charge is 0.457 e. The van der Waals surface area contributed by atoms with Crippen LogP contribution in [0, 0.1) is 0 Å². The number of H-pyrrole nitrogens is 2. The molecular weight excluding hydrogens is 318 g/mol. The van der Waals surface area contributed by atoms with E-state index in [9.17, 15) is 9.59 Å².